The van der Waals surface area contributed by atoms with Crippen LogP contribution in [0.4, 0.5) is 0 Å². The molecule has 2 fully saturated rings. The van der Waals surface area contributed by atoms with Crippen LogP contribution in [0.1, 0.15) is 38.5 Å². The summed E-state index contributed by atoms with van der Waals surface area (Å²) < 4.78 is 4.75. The Balaban J connectivity index is 1.68. The molecule has 5 heteroatoms. The van der Waals surface area contributed by atoms with Crippen LogP contribution in [0.5, 0.6) is 0 Å². The average Bonchev–Trinajstić information content (AvgIpc) is 2.97. The maximum Gasteiger partial charge on any atom is 0.308 e. The molecule has 0 aromatic heterocycles. The molecule has 1 aliphatic carbocycles. The Morgan fingerprint density at radius 2 is 1.79 bits per heavy atom. The monoisotopic (exact) mass is 268 g/mol. The number of hydrogen-bond acceptors (Lipinski definition) is 4. The number of amides is 1. The minimum atomic E-state index is -0.142. The van der Waals surface area contributed by atoms with Crippen LogP contribution < -0.4 is 5.32 Å². The van der Waals surface area contributed by atoms with Gasteiger partial charge in [-0.2, -0.15) is 0 Å². The summed E-state index contributed by atoms with van der Waals surface area (Å²) in [5, 5.41) is 3.34. The molecule has 1 heterocycles. The van der Waals surface area contributed by atoms with E-state index in [9.17, 15) is 9.59 Å². The Morgan fingerprint density at radius 3 is 2.37 bits per heavy atom. The molecule has 0 aromatic carbocycles. The highest BCUT2D eigenvalue weighted by Gasteiger charge is 2.28. The lowest BCUT2D eigenvalue weighted by Gasteiger charge is -2.31. The van der Waals surface area contributed by atoms with Crippen LogP contribution in [0.3, 0.4) is 0 Å². The fourth-order valence-electron chi connectivity index (χ4n) is 3.00. The van der Waals surface area contributed by atoms with Crippen LogP contribution >= 0.6 is 0 Å². The highest BCUT2D eigenvalue weighted by atomic mass is 16.5. The standard InChI is InChI=1S/C14H24N2O3/c1-19-14(18)11-6-8-16(9-7-11)13(17)10-15-12-4-2-3-5-12/h11-12,15H,2-10H2,1H3. The van der Waals surface area contributed by atoms with Gasteiger partial charge in [-0.3, -0.25) is 9.59 Å². The van der Waals surface area contributed by atoms with Gasteiger partial charge in [-0.1, -0.05) is 12.8 Å². The number of hydrogen-bond donors (Lipinski definition) is 1. The van der Waals surface area contributed by atoms with E-state index in [0.29, 0.717) is 25.7 Å². The van der Waals surface area contributed by atoms with Gasteiger partial charge in [-0.15, -0.1) is 0 Å². The molecule has 0 bridgehead atoms. The highest BCUT2D eigenvalue weighted by Crippen LogP contribution is 2.19. The molecule has 1 N–H and O–H groups in total. The molecular weight excluding hydrogens is 244 g/mol. The first kappa shape index (κ1) is 14.3. The van der Waals surface area contributed by atoms with Crippen LogP contribution in [-0.4, -0.2) is 49.6 Å². The molecule has 0 spiro atoms. The summed E-state index contributed by atoms with van der Waals surface area (Å²) >= 11 is 0. The van der Waals surface area contributed by atoms with E-state index in [4.69, 9.17) is 4.74 Å². The summed E-state index contributed by atoms with van der Waals surface area (Å²) in [6.45, 7) is 1.78. The number of piperidine rings is 1. The maximum atomic E-state index is 12.0. The van der Waals surface area contributed by atoms with E-state index in [0.717, 1.165) is 12.8 Å². The van der Waals surface area contributed by atoms with Gasteiger partial charge in [0.05, 0.1) is 19.6 Å². The second-order valence-corrected chi connectivity index (χ2v) is 5.54. The van der Waals surface area contributed by atoms with Gasteiger partial charge >= 0.3 is 5.97 Å². The van der Waals surface area contributed by atoms with Crippen molar-refractivity contribution in [3.8, 4) is 0 Å². The molecule has 2 rings (SSSR count). The minimum absolute atomic E-state index is 0.0307. The minimum Gasteiger partial charge on any atom is -0.469 e. The van der Waals surface area contributed by atoms with Gasteiger partial charge in [0.2, 0.25) is 5.91 Å². The molecule has 0 radical (unpaired) electrons. The first-order chi connectivity index (χ1) is 9.20. The van der Waals surface area contributed by atoms with Gasteiger partial charge in [-0.05, 0) is 25.7 Å². The van der Waals surface area contributed by atoms with Crippen molar-refractivity contribution in [3.05, 3.63) is 0 Å². The Morgan fingerprint density at radius 1 is 1.16 bits per heavy atom. The lowest BCUT2D eigenvalue weighted by Crippen LogP contribution is -2.45. The van der Waals surface area contributed by atoms with Crippen LogP contribution in [0.15, 0.2) is 0 Å². The van der Waals surface area contributed by atoms with Gasteiger partial charge in [0.1, 0.15) is 0 Å². The van der Waals surface area contributed by atoms with Crippen molar-refractivity contribution in [1.29, 1.82) is 0 Å². The van der Waals surface area contributed by atoms with Crippen molar-refractivity contribution in [2.75, 3.05) is 26.7 Å². The SMILES string of the molecule is COC(=O)C1CCN(C(=O)CNC2CCCC2)CC1. The van der Waals surface area contributed by atoms with E-state index in [-0.39, 0.29) is 17.8 Å². The predicted octanol–water partition coefficient (Wildman–Crippen LogP) is 0.930. The van der Waals surface area contributed by atoms with Crippen LogP contribution in [0.25, 0.3) is 0 Å². The summed E-state index contributed by atoms with van der Waals surface area (Å²) in [7, 11) is 1.42. The number of esters is 1. The topological polar surface area (TPSA) is 58.6 Å². The molecule has 0 aromatic rings. The molecule has 108 valence electrons. The second-order valence-electron chi connectivity index (χ2n) is 5.54. The van der Waals surface area contributed by atoms with Crippen LogP contribution in [0, 0.1) is 5.92 Å². The zero-order chi connectivity index (χ0) is 13.7. The van der Waals surface area contributed by atoms with Crippen molar-refractivity contribution in [3.63, 3.8) is 0 Å². The lowest BCUT2D eigenvalue weighted by atomic mass is 9.97. The number of rotatable bonds is 4. The first-order valence-corrected chi connectivity index (χ1v) is 7.29. The molecular formula is C14H24N2O3. The summed E-state index contributed by atoms with van der Waals surface area (Å²) in [5.74, 6) is -0.0109. The van der Waals surface area contributed by atoms with Gasteiger partial charge in [-0.25, -0.2) is 0 Å². The molecule has 2 aliphatic rings. The summed E-state index contributed by atoms with van der Waals surface area (Å²) in [4.78, 5) is 25.3. The molecule has 1 aliphatic heterocycles. The molecule has 5 nitrogen and oxygen atoms in total. The average molecular weight is 268 g/mol. The van der Waals surface area contributed by atoms with Crippen LogP contribution in [-0.2, 0) is 14.3 Å². The van der Waals surface area contributed by atoms with Gasteiger partial charge in [0.25, 0.3) is 0 Å². The zero-order valence-corrected chi connectivity index (χ0v) is 11.7. The Labute approximate surface area is 114 Å². The van der Waals surface area contributed by atoms with Crippen molar-refractivity contribution < 1.29 is 14.3 Å². The normalized spacial score (nSPS) is 21.6. The molecule has 19 heavy (non-hydrogen) atoms. The largest absolute Gasteiger partial charge is 0.469 e. The summed E-state index contributed by atoms with van der Waals surface area (Å²) in [6.07, 6.45) is 6.38. The van der Waals surface area contributed by atoms with E-state index in [1.54, 1.807) is 0 Å². The van der Waals surface area contributed by atoms with Gasteiger partial charge < -0.3 is 15.0 Å². The van der Waals surface area contributed by atoms with E-state index in [1.807, 2.05) is 4.90 Å². The maximum absolute atomic E-state index is 12.0. The third-order valence-corrected chi connectivity index (χ3v) is 4.28. The molecule has 1 saturated heterocycles. The van der Waals surface area contributed by atoms with E-state index in [1.165, 1.54) is 32.8 Å². The number of carbonyl (C=O) groups excluding carboxylic acids is 2. The lowest BCUT2D eigenvalue weighted by molar-refractivity contribution is -0.148. The third-order valence-electron chi connectivity index (χ3n) is 4.28. The second kappa shape index (κ2) is 6.89. The quantitative estimate of drug-likeness (QED) is 0.771. The number of ether oxygens (including phenoxy) is 1. The molecule has 0 atom stereocenters. The molecule has 1 amide bonds. The van der Waals surface area contributed by atoms with Crippen molar-refractivity contribution >= 4 is 11.9 Å². The number of methoxy groups -OCH3 is 1. The Kier molecular flexibility index (Phi) is 5.19. The fourth-order valence-corrected chi connectivity index (χ4v) is 3.00. The molecule has 1 saturated carbocycles. The van der Waals surface area contributed by atoms with E-state index >= 15 is 0 Å². The van der Waals surface area contributed by atoms with Gasteiger partial charge in [0, 0.05) is 19.1 Å². The fraction of sp³-hybridized carbons (Fsp3) is 0.857. The van der Waals surface area contributed by atoms with Crippen molar-refractivity contribution in [1.82, 2.24) is 10.2 Å². The number of nitrogens with zero attached hydrogens (tertiary/aromatic N) is 1. The summed E-state index contributed by atoms with van der Waals surface area (Å²) in [5.41, 5.74) is 0. The number of likely N-dealkylation sites (tertiary alicyclic amines) is 1. The van der Waals surface area contributed by atoms with Crippen molar-refractivity contribution in [2.45, 2.75) is 44.6 Å². The smallest absolute Gasteiger partial charge is 0.308 e. The van der Waals surface area contributed by atoms with Crippen molar-refractivity contribution in [2.24, 2.45) is 5.92 Å². The van der Waals surface area contributed by atoms with Crippen LogP contribution in [0.2, 0.25) is 0 Å². The summed E-state index contributed by atoms with van der Waals surface area (Å²) in [6, 6.07) is 0.525. The zero-order valence-electron chi connectivity index (χ0n) is 11.7. The Hall–Kier alpha value is -1.10. The Bertz CT molecular complexity index is 319. The first-order valence-electron chi connectivity index (χ1n) is 7.29. The highest BCUT2D eigenvalue weighted by molar-refractivity contribution is 5.79. The predicted molar refractivity (Wildman–Crippen MR) is 71.6 cm³/mol. The number of nitrogens with one attached hydrogen (secondary N) is 1. The molecule has 0 unspecified atom stereocenters. The van der Waals surface area contributed by atoms with Gasteiger partial charge in [0.15, 0.2) is 0 Å². The van der Waals surface area contributed by atoms with E-state index < -0.39 is 0 Å². The van der Waals surface area contributed by atoms with E-state index in [2.05, 4.69) is 5.32 Å². The third kappa shape index (κ3) is 3.93. The number of carbonyl (C=O) groups is 2.